The van der Waals surface area contributed by atoms with Crippen molar-refractivity contribution in [2.45, 2.75) is 12.3 Å². The number of para-hydroxylation sites is 1. The van der Waals surface area contributed by atoms with Gasteiger partial charge in [-0.05, 0) is 29.5 Å². The average Bonchev–Trinajstić information content (AvgIpc) is 3.11. The molecule has 1 unspecified atom stereocenters. The third-order valence-corrected chi connectivity index (χ3v) is 4.73. The lowest BCUT2D eigenvalue weighted by Gasteiger charge is -2.16. The highest BCUT2D eigenvalue weighted by molar-refractivity contribution is 5.97. The number of H-pyrrole nitrogens is 1. The summed E-state index contributed by atoms with van der Waals surface area (Å²) in [6.45, 7) is 1.35. The Hall–Kier alpha value is -2.88. The molecule has 24 heavy (non-hydrogen) atoms. The van der Waals surface area contributed by atoms with Gasteiger partial charge in [0.05, 0.1) is 0 Å². The van der Waals surface area contributed by atoms with Gasteiger partial charge in [0, 0.05) is 24.5 Å². The van der Waals surface area contributed by atoms with Crippen LogP contribution in [0.5, 0.6) is 0 Å². The highest BCUT2D eigenvalue weighted by atomic mass is 16.2. The van der Waals surface area contributed by atoms with Crippen LogP contribution in [0.1, 0.15) is 28.3 Å². The third kappa shape index (κ3) is 2.60. The molecule has 1 atom stereocenters. The number of amides is 1. The zero-order valence-electron chi connectivity index (χ0n) is 13.2. The van der Waals surface area contributed by atoms with Crippen molar-refractivity contribution in [2.24, 2.45) is 0 Å². The first-order chi connectivity index (χ1) is 11.7. The number of carbonyl (C=O) groups excluding carboxylic acids is 1. The van der Waals surface area contributed by atoms with Crippen LogP contribution in [-0.4, -0.2) is 28.9 Å². The molecule has 0 aliphatic carbocycles. The van der Waals surface area contributed by atoms with E-state index in [9.17, 15) is 9.59 Å². The number of aromatic amines is 1. The molecule has 1 aliphatic rings. The molecule has 1 fully saturated rings. The first-order valence-electron chi connectivity index (χ1n) is 8.18. The second-order valence-corrected chi connectivity index (χ2v) is 6.25. The van der Waals surface area contributed by atoms with E-state index in [-0.39, 0.29) is 17.0 Å². The Kier molecular flexibility index (Phi) is 3.65. The number of hydrogen-bond donors (Lipinski definition) is 1. The smallest absolute Gasteiger partial charge is 0.261 e. The molecule has 4 heteroatoms. The Balaban J connectivity index is 1.61. The number of hydrogen-bond acceptors (Lipinski definition) is 2. The number of fused-ring (bicyclic) bond motifs is 1. The van der Waals surface area contributed by atoms with E-state index in [1.807, 2.05) is 42.5 Å². The first kappa shape index (κ1) is 14.7. The summed E-state index contributed by atoms with van der Waals surface area (Å²) in [6, 6.07) is 19.4. The minimum absolute atomic E-state index is 0.180. The molecule has 120 valence electrons. The molecule has 1 amide bonds. The number of nitrogens with zero attached hydrogens (tertiary/aromatic N) is 1. The number of carbonyl (C=O) groups is 1. The predicted molar refractivity (Wildman–Crippen MR) is 94.3 cm³/mol. The lowest BCUT2D eigenvalue weighted by Crippen LogP contribution is -2.33. The Bertz CT molecular complexity index is 947. The molecule has 1 N–H and O–H groups in total. The molecule has 2 heterocycles. The largest absolute Gasteiger partial charge is 0.338 e. The summed E-state index contributed by atoms with van der Waals surface area (Å²) in [5.41, 5.74) is 1.91. The van der Waals surface area contributed by atoms with Crippen molar-refractivity contribution in [3.63, 3.8) is 0 Å². The maximum Gasteiger partial charge on any atom is 0.261 e. The van der Waals surface area contributed by atoms with Crippen LogP contribution in [0.2, 0.25) is 0 Å². The number of likely N-dealkylation sites (tertiary alicyclic amines) is 1. The maximum atomic E-state index is 12.8. The first-order valence-corrected chi connectivity index (χ1v) is 8.18. The van der Waals surface area contributed by atoms with Gasteiger partial charge < -0.3 is 9.88 Å². The molecule has 1 saturated heterocycles. The number of nitrogens with one attached hydrogen (secondary N) is 1. The van der Waals surface area contributed by atoms with Crippen molar-refractivity contribution in [2.75, 3.05) is 13.1 Å². The van der Waals surface area contributed by atoms with Gasteiger partial charge in [0.2, 0.25) is 0 Å². The van der Waals surface area contributed by atoms with Crippen LogP contribution < -0.4 is 5.56 Å². The summed E-state index contributed by atoms with van der Waals surface area (Å²) in [5, 5.41) is 0.874. The average molecular weight is 318 g/mol. The van der Waals surface area contributed by atoms with Crippen LogP contribution in [0.4, 0.5) is 0 Å². The predicted octanol–water partition coefficient (Wildman–Crippen LogP) is 3.16. The Morgan fingerprint density at radius 3 is 2.62 bits per heavy atom. The fraction of sp³-hybridized carbons (Fsp3) is 0.200. The minimum Gasteiger partial charge on any atom is -0.338 e. The van der Waals surface area contributed by atoms with Gasteiger partial charge in [-0.1, -0.05) is 48.5 Å². The second-order valence-electron chi connectivity index (χ2n) is 6.25. The van der Waals surface area contributed by atoms with Crippen LogP contribution in [0, 0.1) is 0 Å². The number of aromatic nitrogens is 1. The summed E-state index contributed by atoms with van der Waals surface area (Å²) in [6.07, 6.45) is 0.932. The fourth-order valence-corrected chi connectivity index (χ4v) is 3.42. The summed E-state index contributed by atoms with van der Waals surface area (Å²) < 4.78 is 0. The van der Waals surface area contributed by atoms with E-state index in [1.165, 1.54) is 5.56 Å². The lowest BCUT2D eigenvalue weighted by atomic mass is 9.99. The lowest BCUT2D eigenvalue weighted by molar-refractivity contribution is 0.0789. The van der Waals surface area contributed by atoms with Gasteiger partial charge in [0.15, 0.2) is 0 Å². The standard InChI is InChI=1S/C20H18N2O2/c23-19-17(12-15-8-4-5-9-18(15)21-19)20(24)22-11-10-16(13-22)14-6-2-1-3-7-14/h1-9,12,16H,10-11,13H2,(H,21,23). The maximum absolute atomic E-state index is 12.8. The van der Waals surface area contributed by atoms with E-state index in [0.29, 0.717) is 19.0 Å². The van der Waals surface area contributed by atoms with Gasteiger partial charge in [-0.3, -0.25) is 9.59 Å². The number of pyridine rings is 1. The molecule has 4 nitrogen and oxygen atoms in total. The van der Waals surface area contributed by atoms with Crippen LogP contribution >= 0.6 is 0 Å². The van der Waals surface area contributed by atoms with E-state index in [4.69, 9.17) is 0 Å². The second kappa shape index (κ2) is 5.96. The van der Waals surface area contributed by atoms with Gasteiger partial charge in [-0.2, -0.15) is 0 Å². The molecule has 4 rings (SSSR count). The molecule has 1 aliphatic heterocycles. The number of benzene rings is 2. The monoisotopic (exact) mass is 318 g/mol. The molecule has 1 aromatic heterocycles. The van der Waals surface area contributed by atoms with E-state index in [0.717, 1.165) is 17.3 Å². The van der Waals surface area contributed by atoms with Gasteiger partial charge in [-0.15, -0.1) is 0 Å². The molecule has 0 spiro atoms. The van der Waals surface area contributed by atoms with Crippen LogP contribution in [0.15, 0.2) is 65.5 Å². The van der Waals surface area contributed by atoms with Crippen LogP contribution in [-0.2, 0) is 0 Å². The zero-order valence-corrected chi connectivity index (χ0v) is 13.2. The Morgan fingerprint density at radius 1 is 1.04 bits per heavy atom. The van der Waals surface area contributed by atoms with Crippen LogP contribution in [0.25, 0.3) is 10.9 Å². The van der Waals surface area contributed by atoms with Crippen molar-refractivity contribution < 1.29 is 4.79 Å². The third-order valence-electron chi connectivity index (χ3n) is 4.73. The zero-order chi connectivity index (χ0) is 16.5. The van der Waals surface area contributed by atoms with Gasteiger partial charge in [0.25, 0.3) is 11.5 Å². The molecule has 3 aromatic rings. The quantitative estimate of drug-likeness (QED) is 0.789. The summed E-state index contributed by atoms with van der Waals surface area (Å²) >= 11 is 0. The fourth-order valence-electron chi connectivity index (χ4n) is 3.42. The molecular weight excluding hydrogens is 300 g/mol. The summed E-state index contributed by atoms with van der Waals surface area (Å²) in [7, 11) is 0. The van der Waals surface area contributed by atoms with Crippen LogP contribution in [0.3, 0.4) is 0 Å². The van der Waals surface area contributed by atoms with Gasteiger partial charge in [0.1, 0.15) is 5.56 Å². The molecule has 2 aromatic carbocycles. The normalized spacial score (nSPS) is 17.3. The van der Waals surface area contributed by atoms with Crippen molar-refractivity contribution in [1.82, 2.24) is 9.88 Å². The minimum atomic E-state index is -0.318. The van der Waals surface area contributed by atoms with Crippen molar-refractivity contribution in [3.05, 3.63) is 82.1 Å². The van der Waals surface area contributed by atoms with E-state index >= 15 is 0 Å². The van der Waals surface area contributed by atoms with E-state index < -0.39 is 0 Å². The number of rotatable bonds is 2. The van der Waals surface area contributed by atoms with Crippen molar-refractivity contribution in [1.29, 1.82) is 0 Å². The molecule has 0 bridgehead atoms. The topological polar surface area (TPSA) is 53.2 Å². The Labute approximate surface area is 139 Å². The summed E-state index contributed by atoms with van der Waals surface area (Å²) in [5.74, 6) is 0.162. The van der Waals surface area contributed by atoms with Gasteiger partial charge in [-0.25, -0.2) is 0 Å². The highest BCUT2D eigenvalue weighted by Gasteiger charge is 2.29. The van der Waals surface area contributed by atoms with Crippen molar-refractivity contribution >= 4 is 16.8 Å². The highest BCUT2D eigenvalue weighted by Crippen LogP contribution is 2.27. The molecule has 0 saturated carbocycles. The SMILES string of the molecule is O=C(c1cc2ccccc2[nH]c1=O)N1CCC(c2ccccc2)C1. The molecule has 0 radical (unpaired) electrons. The molecular formula is C20H18N2O2. The van der Waals surface area contributed by atoms with Crippen molar-refractivity contribution in [3.8, 4) is 0 Å². The van der Waals surface area contributed by atoms with E-state index in [1.54, 1.807) is 11.0 Å². The van der Waals surface area contributed by atoms with Gasteiger partial charge >= 0.3 is 0 Å². The van der Waals surface area contributed by atoms with E-state index in [2.05, 4.69) is 17.1 Å². The Morgan fingerprint density at radius 2 is 1.79 bits per heavy atom. The summed E-state index contributed by atoms with van der Waals surface area (Å²) in [4.78, 5) is 29.7.